The first-order valence-electron chi connectivity index (χ1n) is 8.83. The van der Waals surface area contributed by atoms with Crippen LogP contribution in [0.4, 0.5) is 11.4 Å². The number of ether oxygens (including phenoxy) is 1. The number of nitro benzene ring substituents is 1. The molecule has 0 unspecified atom stereocenters. The van der Waals surface area contributed by atoms with E-state index < -0.39 is 4.92 Å². The van der Waals surface area contributed by atoms with Crippen molar-refractivity contribution in [1.82, 2.24) is 0 Å². The summed E-state index contributed by atoms with van der Waals surface area (Å²) >= 11 is 12.7. The van der Waals surface area contributed by atoms with Crippen molar-refractivity contribution in [2.75, 3.05) is 12.0 Å². The number of furan rings is 1. The molecule has 1 aliphatic heterocycles. The summed E-state index contributed by atoms with van der Waals surface area (Å²) < 4.78 is 11.3. The van der Waals surface area contributed by atoms with Crippen molar-refractivity contribution < 1.29 is 18.9 Å². The molecule has 1 aromatic heterocycles. The number of hydrogen-bond donors (Lipinski definition) is 0. The van der Waals surface area contributed by atoms with Gasteiger partial charge in [0.2, 0.25) is 0 Å². The van der Waals surface area contributed by atoms with E-state index in [0.29, 0.717) is 42.8 Å². The van der Waals surface area contributed by atoms with Gasteiger partial charge in [-0.3, -0.25) is 19.8 Å². The van der Waals surface area contributed by atoms with E-state index in [9.17, 15) is 14.9 Å². The lowest BCUT2D eigenvalue weighted by Crippen LogP contribution is -2.27. The Kier molecular flexibility index (Phi) is 5.81. The van der Waals surface area contributed by atoms with E-state index in [1.54, 1.807) is 49.6 Å². The number of hydrogen-bond acceptors (Lipinski definition) is 7. The lowest BCUT2D eigenvalue weighted by atomic mass is 10.1. The average Bonchev–Trinajstić information content (AvgIpc) is 3.32. The summed E-state index contributed by atoms with van der Waals surface area (Å²) in [6.45, 7) is 0. The number of amides is 1. The molecule has 0 atom stereocenters. The molecule has 0 bridgehead atoms. The highest BCUT2D eigenvalue weighted by Gasteiger charge is 2.33. The maximum absolute atomic E-state index is 12.9. The predicted molar refractivity (Wildman–Crippen MR) is 124 cm³/mol. The lowest BCUT2D eigenvalue weighted by Gasteiger charge is -2.14. The van der Waals surface area contributed by atoms with Gasteiger partial charge in [-0.15, -0.1) is 0 Å². The molecular weight excluding hydrogens is 460 g/mol. The van der Waals surface area contributed by atoms with Crippen molar-refractivity contribution in [2.45, 2.75) is 0 Å². The molecular formula is C21H13ClN2O5S2. The van der Waals surface area contributed by atoms with E-state index in [1.807, 2.05) is 0 Å². The molecule has 1 amide bonds. The van der Waals surface area contributed by atoms with E-state index in [4.69, 9.17) is 33.0 Å². The summed E-state index contributed by atoms with van der Waals surface area (Å²) in [7, 11) is 1.57. The maximum atomic E-state index is 12.9. The van der Waals surface area contributed by atoms with Gasteiger partial charge in [0, 0.05) is 23.8 Å². The smallest absolute Gasteiger partial charge is 0.270 e. The summed E-state index contributed by atoms with van der Waals surface area (Å²) in [5, 5.41) is 11.4. The number of non-ortho nitro benzene ring substituents is 1. The highest BCUT2D eigenvalue weighted by Crippen LogP contribution is 2.38. The SMILES string of the molecule is COc1ccc(N2C(=O)/C(=C/c3ccc(-c4cc([N+](=O)[O-])ccc4Cl)o3)SC2=S)cc1. The van der Waals surface area contributed by atoms with Gasteiger partial charge in [0.1, 0.15) is 17.3 Å². The van der Waals surface area contributed by atoms with E-state index in [-0.39, 0.29) is 11.6 Å². The number of halogens is 1. The third-order valence-corrected chi connectivity index (χ3v) is 6.08. The standard InChI is InChI=1S/C21H13ClN2O5S2/c1-28-14-5-2-12(3-6-14)23-20(25)19(31-21(23)30)11-15-7-9-18(29-15)16-10-13(24(26)27)4-8-17(16)22/h2-11H,1H3/b19-11-. The minimum absolute atomic E-state index is 0.0993. The van der Waals surface area contributed by atoms with E-state index >= 15 is 0 Å². The van der Waals surface area contributed by atoms with Gasteiger partial charge in [0.05, 0.1) is 27.6 Å². The molecule has 31 heavy (non-hydrogen) atoms. The molecule has 156 valence electrons. The van der Waals surface area contributed by atoms with Gasteiger partial charge in [-0.25, -0.2) is 0 Å². The topological polar surface area (TPSA) is 85.8 Å². The number of nitrogens with zero attached hydrogens (tertiary/aromatic N) is 2. The number of methoxy groups -OCH3 is 1. The molecule has 2 heterocycles. The molecule has 0 N–H and O–H groups in total. The number of thioether (sulfide) groups is 1. The van der Waals surface area contributed by atoms with Gasteiger partial charge in [-0.1, -0.05) is 35.6 Å². The fourth-order valence-electron chi connectivity index (χ4n) is 2.94. The van der Waals surface area contributed by atoms with E-state index in [0.717, 1.165) is 11.8 Å². The Morgan fingerprint density at radius 2 is 1.94 bits per heavy atom. The molecule has 1 saturated heterocycles. The Balaban J connectivity index is 1.61. The molecule has 1 fully saturated rings. The number of anilines is 1. The van der Waals surface area contributed by atoms with Gasteiger partial charge < -0.3 is 9.15 Å². The largest absolute Gasteiger partial charge is 0.497 e. The van der Waals surface area contributed by atoms with Crippen LogP contribution in [0.5, 0.6) is 5.75 Å². The predicted octanol–water partition coefficient (Wildman–Crippen LogP) is 5.92. The zero-order chi connectivity index (χ0) is 22.1. The molecule has 10 heteroatoms. The van der Waals surface area contributed by atoms with Gasteiger partial charge in [0.15, 0.2) is 4.32 Å². The van der Waals surface area contributed by atoms with Crippen LogP contribution >= 0.6 is 35.6 Å². The fourth-order valence-corrected chi connectivity index (χ4v) is 4.43. The van der Waals surface area contributed by atoms with Crippen LogP contribution in [0, 0.1) is 10.1 Å². The Labute approximate surface area is 191 Å². The second kappa shape index (κ2) is 8.54. The quantitative estimate of drug-likeness (QED) is 0.197. The van der Waals surface area contributed by atoms with Crippen molar-refractivity contribution in [1.29, 1.82) is 0 Å². The lowest BCUT2D eigenvalue weighted by molar-refractivity contribution is -0.384. The van der Waals surface area contributed by atoms with Crippen LogP contribution in [-0.2, 0) is 4.79 Å². The second-order valence-corrected chi connectivity index (χ2v) is 8.42. The molecule has 7 nitrogen and oxygen atoms in total. The third-order valence-electron chi connectivity index (χ3n) is 4.45. The summed E-state index contributed by atoms with van der Waals surface area (Å²) in [6, 6.07) is 14.4. The van der Waals surface area contributed by atoms with Crippen LogP contribution in [0.1, 0.15) is 5.76 Å². The van der Waals surface area contributed by atoms with Crippen molar-refractivity contribution in [3.05, 3.63) is 80.4 Å². The number of carbonyl (C=O) groups is 1. The Hall–Kier alpha value is -3.14. The zero-order valence-electron chi connectivity index (χ0n) is 15.9. The van der Waals surface area contributed by atoms with Crippen LogP contribution in [0.2, 0.25) is 5.02 Å². The Morgan fingerprint density at radius 1 is 1.19 bits per heavy atom. The first-order valence-corrected chi connectivity index (χ1v) is 10.4. The molecule has 0 radical (unpaired) electrons. The molecule has 0 saturated carbocycles. The van der Waals surface area contributed by atoms with E-state index in [1.165, 1.54) is 23.1 Å². The molecule has 3 aromatic rings. The number of thiocarbonyl (C=S) groups is 1. The average molecular weight is 473 g/mol. The van der Waals surface area contributed by atoms with Gasteiger partial charge >= 0.3 is 0 Å². The first kappa shape index (κ1) is 21.1. The summed E-state index contributed by atoms with van der Waals surface area (Å²) in [5.41, 5.74) is 0.925. The minimum atomic E-state index is -0.506. The molecule has 4 rings (SSSR count). The van der Waals surface area contributed by atoms with Crippen LogP contribution in [0.3, 0.4) is 0 Å². The Morgan fingerprint density at radius 3 is 2.61 bits per heavy atom. The van der Waals surface area contributed by atoms with Crippen molar-refractivity contribution in [3.8, 4) is 17.1 Å². The molecule has 2 aromatic carbocycles. The van der Waals surface area contributed by atoms with Crippen LogP contribution < -0.4 is 9.64 Å². The normalized spacial score (nSPS) is 15.0. The molecule has 0 spiro atoms. The fraction of sp³-hybridized carbons (Fsp3) is 0.0476. The van der Waals surface area contributed by atoms with Gasteiger partial charge in [-0.2, -0.15) is 0 Å². The second-order valence-electron chi connectivity index (χ2n) is 6.34. The van der Waals surface area contributed by atoms with Crippen molar-refractivity contribution >= 4 is 63.3 Å². The monoisotopic (exact) mass is 472 g/mol. The Bertz CT molecular complexity index is 1240. The van der Waals surface area contributed by atoms with Crippen LogP contribution in [-0.4, -0.2) is 22.3 Å². The number of rotatable bonds is 5. The third kappa shape index (κ3) is 4.20. The van der Waals surface area contributed by atoms with Gasteiger partial charge in [-0.05, 0) is 42.5 Å². The van der Waals surface area contributed by atoms with Crippen LogP contribution in [0.15, 0.2) is 63.9 Å². The maximum Gasteiger partial charge on any atom is 0.270 e. The molecule has 1 aliphatic rings. The summed E-state index contributed by atoms with van der Waals surface area (Å²) in [5.74, 6) is 1.15. The van der Waals surface area contributed by atoms with E-state index in [2.05, 4.69) is 0 Å². The van der Waals surface area contributed by atoms with Crippen LogP contribution in [0.25, 0.3) is 17.4 Å². The number of carbonyl (C=O) groups excluding carboxylic acids is 1. The van der Waals surface area contributed by atoms with Crippen molar-refractivity contribution in [2.24, 2.45) is 0 Å². The number of benzene rings is 2. The highest BCUT2D eigenvalue weighted by molar-refractivity contribution is 8.27. The minimum Gasteiger partial charge on any atom is -0.497 e. The summed E-state index contributed by atoms with van der Waals surface area (Å²) in [4.78, 5) is 25.3. The summed E-state index contributed by atoms with van der Waals surface area (Å²) in [6.07, 6.45) is 1.58. The van der Waals surface area contributed by atoms with Gasteiger partial charge in [0.25, 0.3) is 11.6 Å². The highest BCUT2D eigenvalue weighted by atomic mass is 35.5. The number of nitro groups is 1. The molecule has 0 aliphatic carbocycles. The zero-order valence-corrected chi connectivity index (χ0v) is 18.3. The first-order chi connectivity index (χ1) is 14.9. The van der Waals surface area contributed by atoms with Crippen molar-refractivity contribution in [3.63, 3.8) is 0 Å².